The van der Waals surface area contributed by atoms with Gasteiger partial charge in [0.25, 0.3) is 5.69 Å². The van der Waals surface area contributed by atoms with Gasteiger partial charge in [-0.2, -0.15) is 0 Å². The molecule has 1 N–H and O–H groups in total. The molecule has 3 aromatic rings. The van der Waals surface area contributed by atoms with E-state index in [-0.39, 0.29) is 17.3 Å². The highest BCUT2D eigenvalue weighted by Crippen LogP contribution is 2.29. The molecule has 144 valence electrons. The highest BCUT2D eigenvalue weighted by atomic mass is 35.5. The molecule has 0 spiro atoms. The first-order valence-corrected chi connectivity index (χ1v) is 9.61. The summed E-state index contributed by atoms with van der Waals surface area (Å²) in [7, 11) is 1.79. The van der Waals surface area contributed by atoms with Crippen LogP contribution in [0.3, 0.4) is 0 Å². The van der Waals surface area contributed by atoms with Gasteiger partial charge >= 0.3 is 0 Å². The zero-order valence-electron chi connectivity index (χ0n) is 14.4. The maximum Gasteiger partial charge on any atom is 0.269 e. The SMILES string of the molecule is Cn1c(SCC(=O)Nc2ccc([N+](=O)[O-])cc2)nnc1-c1ccc(Cl)c(Cl)c1. The molecule has 1 amide bonds. The number of hydrogen-bond donors (Lipinski definition) is 1. The van der Waals surface area contributed by atoms with Crippen LogP contribution in [-0.4, -0.2) is 31.3 Å². The average molecular weight is 438 g/mol. The number of nitrogens with zero attached hydrogens (tertiary/aromatic N) is 4. The predicted molar refractivity (Wildman–Crippen MR) is 109 cm³/mol. The van der Waals surface area contributed by atoms with E-state index >= 15 is 0 Å². The van der Waals surface area contributed by atoms with E-state index in [4.69, 9.17) is 23.2 Å². The van der Waals surface area contributed by atoms with E-state index in [0.29, 0.717) is 26.7 Å². The molecule has 0 saturated heterocycles. The standard InChI is InChI=1S/C17H13Cl2N5O3S/c1-23-16(10-2-7-13(18)14(19)8-10)21-22-17(23)28-9-15(25)20-11-3-5-12(6-4-11)24(26)27/h2-8H,9H2,1H3,(H,20,25). The Morgan fingerprint density at radius 2 is 1.89 bits per heavy atom. The number of amides is 1. The van der Waals surface area contributed by atoms with Crippen LogP contribution >= 0.6 is 35.0 Å². The summed E-state index contributed by atoms with van der Waals surface area (Å²) in [5, 5.41) is 23.0. The fourth-order valence-electron chi connectivity index (χ4n) is 2.32. The zero-order valence-corrected chi connectivity index (χ0v) is 16.8. The number of halogens is 2. The highest BCUT2D eigenvalue weighted by molar-refractivity contribution is 7.99. The monoisotopic (exact) mass is 437 g/mol. The van der Waals surface area contributed by atoms with Gasteiger partial charge in [-0.25, -0.2) is 0 Å². The molecule has 0 aliphatic heterocycles. The van der Waals surface area contributed by atoms with Crippen LogP contribution in [0.25, 0.3) is 11.4 Å². The minimum Gasteiger partial charge on any atom is -0.325 e. The van der Waals surface area contributed by atoms with E-state index in [1.54, 1.807) is 29.8 Å². The quantitative estimate of drug-likeness (QED) is 0.347. The number of carbonyl (C=O) groups is 1. The second kappa shape index (κ2) is 8.59. The number of carbonyl (C=O) groups excluding carboxylic acids is 1. The maximum atomic E-state index is 12.1. The van der Waals surface area contributed by atoms with E-state index in [1.807, 2.05) is 0 Å². The number of aromatic nitrogens is 3. The van der Waals surface area contributed by atoms with Crippen LogP contribution in [0.5, 0.6) is 0 Å². The number of thioether (sulfide) groups is 1. The molecule has 0 bridgehead atoms. The van der Waals surface area contributed by atoms with Crippen molar-refractivity contribution >= 4 is 52.2 Å². The number of anilines is 1. The van der Waals surface area contributed by atoms with Crippen LogP contribution in [0.4, 0.5) is 11.4 Å². The molecule has 0 aliphatic carbocycles. The van der Waals surface area contributed by atoms with Crippen LogP contribution in [0, 0.1) is 10.1 Å². The minimum atomic E-state index is -0.499. The lowest BCUT2D eigenvalue weighted by atomic mass is 10.2. The largest absolute Gasteiger partial charge is 0.325 e. The molecule has 0 unspecified atom stereocenters. The molecular weight excluding hydrogens is 425 g/mol. The molecular formula is C17H13Cl2N5O3S. The number of nitro groups is 1. The minimum absolute atomic E-state index is 0.0405. The first-order chi connectivity index (χ1) is 13.3. The first kappa shape index (κ1) is 20.1. The number of rotatable bonds is 6. The fourth-order valence-corrected chi connectivity index (χ4v) is 3.33. The Hall–Kier alpha value is -2.62. The summed E-state index contributed by atoms with van der Waals surface area (Å²) in [6, 6.07) is 10.8. The number of nitrogens with one attached hydrogen (secondary N) is 1. The summed E-state index contributed by atoms with van der Waals surface area (Å²) in [6.07, 6.45) is 0. The lowest BCUT2D eigenvalue weighted by Crippen LogP contribution is -2.14. The lowest BCUT2D eigenvalue weighted by molar-refractivity contribution is -0.384. The molecule has 11 heteroatoms. The number of benzene rings is 2. The molecule has 0 radical (unpaired) electrons. The Balaban J connectivity index is 1.63. The third kappa shape index (κ3) is 4.61. The number of nitro benzene ring substituents is 1. The first-order valence-electron chi connectivity index (χ1n) is 7.87. The summed E-state index contributed by atoms with van der Waals surface area (Å²) >= 11 is 13.2. The Morgan fingerprint density at radius 1 is 1.18 bits per heavy atom. The van der Waals surface area contributed by atoms with Crippen LogP contribution in [0.15, 0.2) is 47.6 Å². The topological polar surface area (TPSA) is 103 Å². The predicted octanol–water partition coefficient (Wildman–Crippen LogP) is 4.43. The normalized spacial score (nSPS) is 10.7. The van der Waals surface area contributed by atoms with Crippen molar-refractivity contribution in [2.24, 2.45) is 7.05 Å². The summed E-state index contributed by atoms with van der Waals surface area (Å²) in [5.74, 6) is 0.430. The van der Waals surface area contributed by atoms with Crippen molar-refractivity contribution in [2.75, 3.05) is 11.1 Å². The van der Waals surface area contributed by atoms with Gasteiger partial charge in [-0.1, -0.05) is 35.0 Å². The zero-order chi connectivity index (χ0) is 20.3. The third-order valence-corrected chi connectivity index (χ3v) is 5.47. The van der Waals surface area contributed by atoms with Gasteiger partial charge in [0.15, 0.2) is 11.0 Å². The second-order valence-corrected chi connectivity index (χ2v) is 7.39. The van der Waals surface area contributed by atoms with Crippen LogP contribution in [-0.2, 0) is 11.8 Å². The van der Waals surface area contributed by atoms with Gasteiger partial charge < -0.3 is 9.88 Å². The van der Waals surface area contributed by atoms with E-state index < -0.39 is 4.92 Å². The Bertz CT molecular complexity index is 1040. The van der Waals surface area contributed by atoms with Crippen molar-refractivity contribution in [1.29, 1.82) is 0 Å². The van der Waals surface area contributed by atoms with Gasteiger partial charge in [0.05, 0.1) is 20.7 Å². The van der Waals surface area contributed by atoms with Gasteiger partial charge in [-0.05, 0) is 30.3 Å². The lowest BCUT2D eigenvalue weighted by Gasteiger charge is -2.06. The van der Waals surface area contributed by atoms with Crippen molar-refractivity contribution in [3.8, 4) is 11.4 Å². The van der Waals surface area contributed by atoms with Crippen molar-refractivity contribution < 1.29 is 9.72 Å². The summed E-state index contributed by atoms with van der Waals surface area (Å²) in [5.41, 5.74) is 1.19. The molecule has 2 aromatic carbocycles. The van der Waals surface area contributed by atoms with Gasteiger partial charge in [0.1, 0.15) is 0 Å². The molecule has 1 aromatic heterocycles. The smallest absolute Gasteiger partial charge is 0.269 e. The molecule has 0 aliphatic rings. The Labute approximate surface area is 174 Å². The van der Waals surface area contributed by atoms with Crippen molar-refractivity contribution in [2.45, 2.75) is 5.16 Å². The molecule has 0 atom stereocenters. The van der Waals surface area contributed by atoms with Crippen molar-refractivity contribution in [3.05, 3.63) is 62.6 Å². The molecule has 3 rings (SSSR count). The fraction of sp³-hybridized carbons (Fsp3) is 0.118. The van der Waals surface area contributed by atoms with Gasteiger partial charge in [0.2, 0.25) is 5.91 Å². The summed E-state index contributed by atoms with van der Waals surface area (Å²) < 4.78 is 1.75. The molecule has 0 fully saturated rings. The van der Waals surface area contributed by atoms with Crippen LogP contribution in [0.2, 0.25) is 10.0 Å². The third-order valence-electron chi connectivity index (χ3n) is 3.71. The van der Waals surface area contributed by atoms with Gasteiger partial charge in [-0.3, -0.25) is 14.9 Å². The summed E-state index contributed by atoms with van der Waals surface area (Å²) in [4.78, 5) is 22.3. The molecule has 8 nitrogen and oxygen atoms in total. The van der Waals surface area contributed by atoms with E-state index in [1.165, 1.54) is 36.0 Å². The average Bonchev–Trinajstić information content (AvgIpc) is 3.03. The van der Waals surface area contributed by atoms with Crippen molar-refractivity contribution in [1.82, 2.24) is 14.8 Å². The number of non-ortho nitro benzene ring substituents is 1. The van der Waals surface area contributed by atoms with E-state index in [0.717, 1.165) is 5.56 Å². The summed E-state index contributed by atoms with van der Waals surface area (Å²) in [6.45, 7) is 0. The molecule has 1 heterocycles. The Kier molecular flexibility index (Phi) is 6.18. The highest BCUT2D eigenvalue weighted by Gasteiger charge is 2.14. The van der Waals surface area contributed by atoms with Gasteiger partial charge in [0, 0.05) is 30.4 Å². The second-order valence-electron chi connectivity index (χ2n) is 5.63. The molecule has 0 saturated carbocycles. The van der Waals surface area contributed by atoms with E-state index in [2.05, 4.69) is 15.5 Å². The Morgan fingerprint density at radius 3 is 2.54 bits per heavy atom. The van der Waals surface area contributed by atoms with Crippen LogP contribution in [0.1, 0.15) is 0 Å². The maximum absolute atomic E-state index is 12.1. The van der Waals surface area contributed by atoms with E-state index in [9.17, 15) is 14.9 Å². The molecule has 28 heavy (non-hydrogen) atoms. The number of hydrogen-bond acceptors (Lipinski definition) is 6. The van der Waals surface area contributed by atoms with Crippen molar-refractivity contribution in [3.63, 3.8) is 0 Å². The van der Waals surface area contributed by atoms with Gasteiger partial charge in [-0.15, -0.1) is 10.2 Å². The van der Waals surface area contributed by atoms with Crippen LogP contribution < -0.4 is 5.32 Å².